The highest BCUT2D eigenvalue weighted by atomic mass is 19.4. The fourth-order valence-electron chi connectivity index (χ4n) is 4.16. The van der Waals surface area contributed by atoms with Gasteiger partial charge in [0, 0.05) is 16.9 Å². The second-order valence-corrected chi connectivity index (χ2v) is 8.16. The van der Waals surface area contributed by atoms with Crippen molar-refractivity contribution in [1.82, 2.24) is 9.78 Å². The maximum Gasteiger partial charge on any atom is 0.418 e. The van der Waals surface area contributed by atoms with Gasteiger partial charge in [0.05, 0.1) is 23.2 Å². The van der Waals surface area contributed by atoms with Gasteiger partial charge in [-0.05, 0) is 73.9 Å². The van der Waals surface area contributed by atoms with Gasteiger partial charge in [-0.2, -0.15) is 18.3 Å². The molecule has 2 amide bonds. The third-order valence-corrected chi connectivity index (χ3v) is 5.79. The maximum absolute atomic E-state index is 13.8. The zero-order valence-electron chi connectivity index (χ0n) is 18.5. The van der Waals surface area contributed by atoms with E-state index in [9.17, 15) is 27.2 Å². The van der Waals surface area contributed by atoms with Gasteiger partial charge in [0.1, 0.15) is 5.82 Å². The molecule has 7 nitrogen and oxygen atoms in total. The Morgan fingerprint density at radius 2 is 1.75 bits per heavy atom. The van der Waals surface area contributed by atoms with E-state index in [1.165, 1.54) is 53.4 Å². The zero-order chi connectivity index (χ0) is 25.4. The highest BCUT2D eigenvalue weighted by molar-refractivity contribution is 6.05. The fourth-order valence-corrected chi connectivity index (χ4v) is 4.16. The molecule has 2 aromatic carbocycles. The fraction of sp³-hybridized carbons (Fsp3) is 0.160. The van der Waals surface area contributed by atoms with Gasteiger partial charge in [-0.15, -0.1) is 0 Å². The Morgan fingerprint density at radius 1 is 0.972 bits per heavy atom. The van der Waals surface area contributed by atoms with Crippen molar-refractivity contribution >= 4 is 23.2 Å². The topological polar surface area (TPSA) is 89.2 Å². The van der Waals surface area contributed by atoms with E-state index in [1.54, 1.807) is 0 Å². The number of hydrogen-bond acceptors (Lipinski definition) is 4. The number of nitrogens with zero attached hydrogens (tertiary/aromatic N) is 2. The number of furan rings is 1. The second kappa shape index (κ2) is 8.99. The molecule has 1 aliphatic carbocycles. The van der Waals surface area contributed by atoms with E-state index in [0.717, 1.165) is 24.2 Å². The highest BCUT2D eigenvalue weighted by Gasteiger charge is 2.35. The van der Waals surface area contributed by atoms with E-state index in [2.05, 4.69) is 15.7 Å². The first-order valence-corrected chi connectivity index (χ1v) is 10.9. The SMILES string of the molecule is O=C(Nc1ccc(NC(=O)c2nn(-c3ccc(F)cc3)c3c2CCC3)c(C(F)(F)F)c1)c1ccco1. The Bertz CT molecular complexity index is 1440. The van der Waals surface area contributed by atoms with Gasteiger partial charge >= 0.3 is 6.18 Å². The first kappa shape index (κ1) is 23.3. The second-order valence-electron chi connectivity index (χ2n) is 8.16. The molecule has 184 valence electrons. The normalized spacial score (nSPS) is 12.9. The zero-order valence-corrected chi connectivity index (χ0v) is 18.5. The molecule has 1 aliphatic rings. The van der Waals surface area contributed by atoms with Crippen LogP contribution in [0.5, 0.6) is 0 Å². The Hall–Kier alpha value is -4.41. The van der Waals surface area contributed by atoms with Crippen LogP contribution in [0.15, 0.2) is 65.3 Å². The number of nitrogens with one attached hydrogen (secondary N) is 2. The molecule has 0 fully saturated rings. The van der Waals surface area contributed by atoms with Crippen LogP contribution in [-0.2, 0) is 19.0 Å². The van der Waals surface area contributed by atoms with Crippen molar-refractivity contribution in [2.24, 2.45) is 0 Å². The van der Waals surface area contributed by atoms with Crippen LogP contribution >= 0.6 is 0 Å². The van der Waals surface area contributed by atoms with Gasteiger partial charge in [0.15, 0.2) is 11.5 Å². The highest BCUT2D eigenvalue weighted by Crippen LogP contribution is 2.37. The molecule has 2 heterocycles. The van der Waals surface area contributed by atoms with Crippen molar-refractivity contribution in [3.8, 4) is 5.69 Å². The van der Waals surface area contributed by atoms with Crippen LogP contribution in [0.4, 0.5) is 28.9 Å². The molecule has 4 aromatic rings. The minimum atomic E-state index is -4.82. The van der Waals surface area contributed by atoms with E-state index >= 15 is 0 Å². The van der Waals surface area contributed by atoms with Crippen molar-refractivity contribution < 1.29 is 31.6 Å². The van der Waals surface area contributed by atoms with E-state index in [-0.39, 0.29) is 17.1 Å². The average molecular weight is 498 g/mol. The maximum atomic E-state index is 13.8. The summed E-state index contributed by atoms with van der Waals surface area (Å²) in [5.41, 5.74) is 0.223. The first-order chi connectivity index (χ1) is 17.2. The summed E-state index contributed by atoms with van der Waals surface area (Å²) < 4.78 is 61.3. The summed E-state index contributed by atoms with van der Waals surface area (Å²) in [7, 11) is 0. The number of anilines is 2. The van der Waals surface area contributed by atoms with Gasteiger partial charge in [0.25, 0.3) is 11.8 Å². The van der Waals surface area contributed by atoms with E-state index in [4.69, 9.17) is 4.42 Å². The van der Waals surface area contributed by atoms with Crippen LogP contribution in [0.1, 0.15) is 44.3 Å². The van der Waals surface area contributed by atoms with Gasteiger partial charge in [-0.1, -0.05) is 0 Å². The molecule has 0 saturated heterocycles. The number of amides is 2. The third kappa shape index (κ3) is 4.47. The predicted octanol–water partition coefficient (Wildman–Crippen LogP) is 5.62. The summed E-state index contributed by atoms with van der Waals surface area (Å²) >= 11 is 0. The Kier molecular flexibility index (Phi) is 5.83. The quantitative estimate of drug-likeness (QED) is 0.350. The lowest BCUT2D eigenvalue weighted by molar-refractivity contribution is -0.136. The molecule has 2 N–H and O–H groups in total. The van der Waals surface area contributed by atoms with Crippen molar-refractivity contribution in [2.45, 2.75) is 25.4 Å². The van der Waals surface area contributed by atoms with Crippen LogP contribution in [-0.4, -0.2) is 21.6 Å². The number of alkyl halides is 3. The smallest absolute Gasteiger partial charge is 0.418 e. The molecule has 0 saturated carbocycles. The molecule has 0 spiro atoms. The molecule has 0 aliphatic heterocycles. The van der Waals surface area contributed by atoms with E-state index < -0.39 is 35.1 Å². The minimum Gasteiger partial charge on any atom is -0.459 e. The van der Waals surface area contributed by atoms with Crippen LogP contribution in [0.25, 0.3) is 5.69 Å². The number of aromatic nitrogens is 2. The monoisotopic (exact) mass is 498 g/mol. The Morgan fingerprint density at radius 3 is 2.44 bits per heavy atom. The summed E-state index contributed by atoms with van der Waals surface area (Å²) in [5.74, 6) is -2.01. The lowest BCUT2D eigenvalue weighted by atomic mass is 10.1. The number of halogens is 4. The molecule has 0 atom stereocenters. The number of fused-ring (bicyclic) bond motifs is 1. The summed E-state index contributed by atoms with van der Waals surface area (Å²) in [6.45, 7) is 0. The number of carbonyl (C=O) groups excluding carboxylic acids is 2. The van der Waals surface area contributed by atoms with Gasteiger partial charge < -0.3 is 15.1 Å². The van der Waals surface area contributed by atoms with E-state index in [0.29, 0.717) is 24.1 Å². The molecule has 11 heteroatoms. The number of rotatable bonds is 5. The molecule has 2 aromatic heterocycles. The Balaban J connectivity index is 1.44. The first-order valence-electron chi connectivity index (χ1n) is 10.9. The average Bonchev–Trinajstić information content (AvgIpc) is 3.58. The van der Waals surface area contributed by atoms with E-state index in [1.807, 2.05) is 0 Å². The van der Waals surface area contributed by atoms with Crippen molar-refractivity contribution in [1.29, 1.82) is 0 Å². The molecule has 0 bridgehead atoms. The van der Waals surface area contributed by atoms with Gasteiger partial charge in [-0.3, -0.25) is 9.59 Å². The Labute approximate surface area is 201 Å². The van der Waals surface area contributed by atoms with Crippen molar-refractivity contribution in [2.75, 3.05) is 10.6 Å². The lowest BCUT2D eigenvalue weighted by Crippen LogP contribution is -2.19. The van der Waals surface area contributed by atoms with Crippen LogP contribution in [0, 0.1) is 5.82 Å². The standard InChI is InChI=1S/C25H18F4N4O3/c26-14-6-9-16(10-7-14)33-20-4-1-3-17(20)22(32-33)24(35)31-19-11-8-15(13-18(19)25(27,28)29)30-23(34)21-5-2-12-36-21/h2,5-13H,1,3-4H2,(H,30,34)(H,31,35). The summed E-state index contributed by atoms with van der Waals surface area (Å²) in [5, 5.41) is 9.00. The van der Waals surface area contributed by atoms with Crippen LogP contribution in [0.2, 0.25) is 0 Å². The minimum absolute atomic E-state index is 0.00940. The number of hydrogen-bond donors (Lipinski definition) is 2. The number of benzene rings is 2. The summed E-state index contributed by atoms with van der Waals surface area (Å²) in [6.07, 6.45) is -1.62. The van der Waals surface area contributed by atoms with Gasteiger partial charge in [-0.25, -0.2) is 9.07 Å². The largest absolute Gasteiger partial charge is 0.459 e. The molecule has 0 unspecified atom stereocenters. The predicted molar refractivity (Wildman–Crippen MR) is 122 cm³/mol. The molecular formula is C25H18F4N4O3. The lowest BCUT2D eigenvalue weighted by Gasteiger charge is -2.15. The summed E-state index contributed by atoms with van der Waals surface area (Å²) in [4.78, 5) is 25.2. The van der Waals surface area contributed by atoms with Crippen LogP contribution in [0.3, 0.4) is 0 Å². The summed E-state index contributed by atoms with van der Waals surface area (Å²) in [6, 6.07) is 11.4. The molecular weight excluding hydrogens is 480 g/mol. The third-order valence-electron chi connectivity index (χ3n) is 5.79. The molecule has 0 radical (unpaired) electrons. The van der Waals surface area contributed by atoms with Crippen LogP contribution < -0.4 is 10.6 Å². The van der Waals surface area contributed by atoms with Gasteiger partial charge in [0.2, 0.25) is 0 Å². The van der Waals surface area contributed by atoms with Crippen molar-refractivity contribution in [3.05, 3.63) is 95.0 Å². The van der Waals surface area contributed by atoms with Crippen molar-refractivity contribution in [3.63, 3.8) is 0 Å². The molecule has 36 heavy (non-hydrogen) atoms. The number of carbonyl (C=O) groups is 2. The molecule has 5 rings (SSSR count).